The van der Waals surface area contributed by atoms with Gasteiger partial charge in [0.1, 0.15) is 0 Å². The summed E-state index contributed by atoms with van der Waals surface area (Å²) in [4.78, 5) is 32.4. The lowest BCUT2D eigenvalue weighted by molar-refractivity contribution is -0.130. The van der Waals surface area contributed by atoms with E-state index in [-0.39, 0.29) is 17.5 Å². The Kier molecular flexibility index (Phi) is 6.25. The van der Waals surface area contributed by atoms with Crippen molar-refractivity contribution in [1.29, 1.82) is 0 Å². The van der Waals surface area contributed by atoms with Crippen LogP contribution in [0.5, 0.6) is 0 Å². The van der Waals surface area contributed by atoms with Gasteiger partial charge in [0.15, 0.2) is 5.16 Å². The monoisotopic (exact) mass is 387 g/mol. The van der Waals surface area contributed by atoms with Crippen LogP contribution in [0.4, 0.5) is 0 Å². The number of likely N-dealkylation sites (tertiary alicyclic amines) is 1. The summed E-state index contributed by atoms with van der Waals surface area (Å²) < 4.78 is 1.75. The molecule has 1 aliphatic rings. The number of carbonyl (C=O) groups is 1. The van der Waals surface area contributed by atoms with E-state index in [1.54, 1.807) is 4.57 Å². The summed E-state index contributed by atoms with van der Waals surface area (Å²) in [5.41, 5.74) is 0.669. The van der Waals surface area contributed by atoms with Gasteiger partial charge in [-0.05, 0) is 43.7 Å². The van der Waals surface area contributed by atoms with Crippen LogP contribution in [-0.4, -0.2) is 39.2 Å². The Morgan fingerprint density at radius 2 is 1.93 bits per heavy atom. The van der Waals surface area contributed by atoms with Crippen molar-refractivity contribution in [3.05, 3.63) is 34.6 Å². The zero-order valence-corrected chi connectivity index (χ0v) is 17.5. The van der Waals surface area contributed by atoms with E-state index >= 15 is 0 Å². The molecule has 0 N–H and O–H groups in total. The lowest BCUT2D eigenvalue weighted by atomic mass is 9.92. The Labute approximate surface area is 165 Å². The molecule has 3 rings (SSSR count). The highest BCUT2D eigenvalue weighted by atomic mass is 32.2. The van der Waals surface area contributed by atoms with Gasteiger partial charge in [-0.1, -0.05) is 44.7 Å². The van der Waals surface area contributed by atoms with Crippen LogP contribution in [0.3, 0.4) is 0 Å². The first-order valence-electron chi connectivity index (χ1n) is 9.82. The molecule has 1 fully saturated rings. The molecule has 1 aromatic heterocycles. The van der Waals surface area contributed by atoms with E-state index in [9.17, 15) is 9.59 Å². The van der Waals surface area contributed by atoms with E-state index in [1.807, 2.05) is 36.1 Å². The summed E-state index contributed by atoms with van der Waals surface area (Å²) in [6.07, 6.45) is 2.01. The van der Waals surface area contributed by atoms with Crippen LogP contribution in [0.25, 0.3) is 10.9 Å². The molecule has 146 valence electrons. The van der Waals surface area contributed by atoms with Crippen LogP contribution in [0.15, 0.2) is 34.2 Å². The van der Waals surface area contributed by atoms with E-state index in [2.05, 4.69) is 20.8 Å². The van der Waals surface area contributed by atoms with Gasteiger partial charge < -0.3 is 4.90 Å². The largest absolute Gasteiger partial charge is 0.341 e. The van der Waals surface area contributed by atoms with E-state index in [4.69, 9.17) is 4.98 Å². The van der Waals surface area contributed by atoms with Gasteiger partial charge in [-0.15, -0.1) is 0 Å². The molecule has 6 heteroatoms. The van der Waals surface area contributed by atoms with Crippen molar-refractivity contribution in [2.75, 3.05) is 18.8 Å². The second-order valence-corrected chi connectivity index (χ2v) is 8.82. The first-order valence-corrected chi connectivity index (χ1v) is 10.8. The molecule has 0 spiro atoms. The number of carbonyl (C=O) groups excluding carboxylic acids is 1. The lowest BCUT2D eigenvalue weighted by Gasteiger charge is -2.35. The third-order valence-electron chi connectivity index (χ3n) is 5.35. The fourth-order valence-corrected chi connectivity index (χ4v) is 4.88. The highest BCUT2D eigenvalue weighted by molar-refractivity contribution is 7.99. The predicted molar refractivity (Wildman–Crippen MR) is 111 cm³/mol. The van der Waals surface area contributed by atoms with Crippen molar-refractivity contribution in [3.63, 3.8) is 0 Å². The second kappa shape index (κ2) is 8.46. The molecular weight excluding hydrogens is 358 g/mol. The van der Waals surface area contributed by atoms with Gasteiger partial charge in [-0.3, -0.25) is 14.2 Å². The van der Waals surface area contributed by atoms with Crippen molar-refractivity contribution < 1.29 is 4.79 Å². The maximum Gasteiger partial charge on any atom is 0.262 e. The lowest BCUT2D eigenvalue weighted by Crippen LogP contribution is -2.43. The molecule has 1 aromatic carbocycles. The Morgan fingerprint density at radius 3 is 2.59 bits per heavy atom. The summed E-state index contributed by atoms with van der Waals surface area (Å²) in [5, 5.41) is 1.27. The van der Waals surface area contributed by atoms with E-state index < -0.39 is 0 Å². The van der Waals surface area contributed by atoms with Gasteiger partial charge in [0.25, 0.3) is 5.56 Å². The average Bonchev–Trinajstić information content (AvgIpc) is 2.65. The van der Waals surface area contributed by atoms with Gasteiger partial charge in [-0.2, -0.15) is 0 Å². The standard InChI is InChI=1S/C21H29N3O2S/c1-5-16(4)24-20(26)17-8-6-7-9-18(17)22-21(24)27-13-19(25)23-11-14(2)10-15(3)12-23/h6-9,14-16H,5,10-13H2,1-4H3/t14-,15-,16-/m0/s1. The number of hydrogen-bond acceptors (Lipinski definition) is 4. The highest BCUT2D eigenvalue weighted by Crippen LogP contribution is 2.25. The molecule has 0 radical (unpaired) electrons. The van der Waals surface area contributed by atoms with Crippen molar-refractivity contribution in [3.8, 4) is 0 Å². The summed E-state index contributed by atoms with van der Waals surface area (Å²) in [6, 6.07) is 7.47. The SMILES string of the molecule is CC[C@H](C)n1c(SCC(=O)N2C[C@@H](C)C[C@H](C)C2)nc2ccccc2c1=O. The molecule has 1 amide bonds. The van der Waals surface area contributed by atoms with Crippen LogP contribution in [0.1, 0.15) is 46.6 Å². The highest BCUT2D eigenvalue weighted by Gasteiger charge is 2.26. The van der Waals surface area contributed by atoms with Gasteiger partial charge >= 0.3 is 0 Å². The first kappa shape index (κ1) is 19.9. The smallest absolute Gasteiger partial charge is 0.262 e. The molecule has 2 aromatic rings. The van der Waals surface area contributed by atoms with Gasteiger partial charge in [0.2, 0.25) is 5.91 Å². The zero-order valence-electron chi connectivity index (χ0n) is 16.6. The van der Waals surface area contributed by atoms with E-state index in [1.165, 1.54) is 18.2 Å². The number of nitrogens with zero attached hydrogens (tertiary/aromatic N) is 3. The maximum absolute atomic E-state index is 13.0. The molecule has 5 nitrogen and oxygen atoms in total. The minimum Gasteiger partial charge on any atom is -0.341 e. The fraction of sp³-hybridized carbons (Fsp3) is 0.571. The molecule has 2 heterocycles. The normalized spacial score (nSPS) is 21.4. The van der Waals surface area contributed by atoms with Crippen LogP contribution in [-0.2, 0) is 4.79 Å². The first-order chi connectivity index (χ1) is 12.9. The maximum atomic E-state index is 13.0. The van der Waals surface area contributed by atoms with Gasteiger partial charge in [-0.25, -0.2) is 4.98 Å². The molecule has 27 heavy (non-hydrogen) atoms. The molecule has 0 aliphatic carbocycles. The minimum absolute atomic E-state index is 0.0230. The van der Waals surface area contributed by atoms with Crippen molar-refractivity contribution in [1.82, 2.24) is 14.5 Å². The summed E-state index contributed by atoms with van der Waals surface area (Å²) in [5.74, 6) is 1.54. The number of fused-ring (bicyclic) bond motifs is 1. The number of rotatable bonds is 5. The minimum atomic E-state index is -0.0230. The van der Waals surface area contributed by atoms with Gasteiger partial charge in [0.05, 0.1) is 16.7 Å². The molecule has 0 unspecified atom stereocenters. The topological polar surface area (TPSA) is 55.2 Å². The molecule has 3 atom stereocenters. The molecule has 0 bridgehead atoms. The molecular formula is C21H29N3O2S. The number of piperidine rings is 1. The average molecular weight is 388 g/mol. The van der Waals surface area contributed by atoms with Crippen molar-refractivity contribution in [2.24, 2.45) is 11.8 Å². The molecule has 0 saturated carbocycles. The van der Waals surface area contributed by atoms with Crippen LogP contribution in [0.2, 0.25) is 0 Å². The molecule has 1 aliphatic heterocycles. The Balaban J connectivity index is 1.85. The summed E-state index contributed by atoms with van der Waals surface area (Å²) in [7, 11) is 0. The third kappa shape index (κ3) is 4.37. The third-order valence-corrected chi connectivity index (χ3v) is 6.29. The number of hydrogen-bond donors (Lipinski definition) is 0. The zero-order chi connectivity index (χ0) is 19.6. The van der Waals surface area contributed by atoms with E-state index in [0.29, 0.717) is 33.6 Å². The van der Waals surface area contributed by atoms with Crippen molar-refractivity contribution in [2.45, 2.75) is 51.7 Å². The fourth-order valence-electron chi connectivity index (χ4n) is 3.88. The number of para-hydroxylation sites is 1. The Bertz CT molecular complexity index is 869. The van der Waals surface area contributed by atoms with Crippen LogP contribution in [0, 0.1) is 11.8 Å². The summed E-state index contributed by atoms with van der Waals surface area (Å²) >= 11 is 1.38. The number of benzene rings is 1. The Hall–Kier alpha value is -1.82. The predicted octanol–water partition coefficient (Wildman–Crippen LogP) is 3.96. The number of thioether (sulfide) groups is 1. The van der Waals surface area contributed by atoms with Crippen LogP contribution >= 0.6 is 11.8 Å². The number of amides is 1. The van der Waals surface area contributed by atoms with E-state index in [0.717, 1.165) is 19.5 Å². The molecule has 1 saturated heterocycles. The second-order valence-electron chi connectivity index (χ2n) is 7.88. The summed E-state index contributed by atoms with van der Waals surface area (Å²) in [6.45, 7) is 10.1. The van der Waals surface area contributed by atoms with Crippen molar-refractivity contribution >= 4 is 28.6 Å². The number of aromatic nitrogens is 2. The Morgan fingerprint density at radius 1 is 1.26 bits per heavy atom. The van der Waals surface area contributed by atoms with Crippen LogP contribution < -0.4 is 5.56 Å². The quantitative estimate of drug-likeness (QED) is 0.575. The van der Waals surface area contributed by atoms with Gasteiger partial charge in [0, 0.05) is 19.1 Å².